The molecule has 92 valence electrons. The third-order valence-corrected chi connectivity index (χ3v) is 2.60. The van der Waals surface area contributed by atoms with Gasteiger partial charge in [-0.2, -0.15) is 0 Å². The zero-order chi connectivity index (χ0) is 13.2. The number of aromatic nitrogens is 2. The Balaban J connectivity index is 3.07. The summed E-state index contributed by atoms with van der Waals surface area (Å²) in [6.07, 6.45) is 6.87. The van der Waals surface area contributed by atoms with E-state index in [9.17, 15) is 9.59 Å². The minimum absolute atomic E-state index is 0.298. The molecule has 5 heteroatoms. The average Bonchev–Trinajstić information content (AvgIpc) is 2.29. The van der Waals surface area contributed by atoms with E-state index in [1.165, 1.54) is 17.8 Å². The van der Waals surface area contributed by atoms with Crippen LogP contribution in [-0.2, 0) is 20.6 Å². The molecule has 1 aromatic rings. The Morgan fingerprint density at radius 1 is 1.41 bits per heavy atom. The van der Waals surface area contributed by atoms with Crippen LogP contribution < -0.4 is 16.6 Å². The molecule has 0 saturated heterocycles. The molecule has 0 unspecified atom stereocenters. The van der Waals surface area contributed by atoms with Crippen LogP contribution >= 0.6 is 0 Å². The highest BCUT2D eigenvalue weighted by Crippen LogP contribution is 2.00. The van der Waals surface area contributed by atoms with Crippen LogP contribution in [0.4, 0.5) is 0 Å². The second kappa shape index (κ2) is 4.60. The van der Waals surface area contributed by atoms with Crippen molar-refractivity contribution in [1.82, 2.24) is 14.5 Å². The number of rotatable bonds is 3. The normalized spacial score (nSPS) is 11.2. The van der Waals surface area contributed by atoms with Gasteiger partial charge in [0.25, 0.3) is 5.56 Å². The van der Waals surface area contributed by atoms with E-state index in [4.69, 9.17) is 6.42 Å². The molecule has 0 amide bonds. The van der Waals surface area contributed by atoms with Crippen molar-refractivity contribution in [2.24, 2.45) is 14.1 Å². The lowest BCUT2D eigenvalue weighted by Gasteiger charge is -2.19. The van der Waals surface area contributed by atoms with Crippen LogP contribution in [0, 0.1) is 12.3 Å². The molecule has 17 heavy (non-hydrogen) atoms. The number of terminal acetylenes is 1. The molecular weight excluding hydrogens is 218 g/mol. The molecule has 1 aromatic heterocycles. The monoisotopic (exact) mass is 235 g/mol. The third kappa shape index (κ3) is 2.86. The highest BCUT2D eigenvalue weighted by Gasteiger charge is 2.14. The first-order chi connectivity index (χ1) is 7.78. The molecule has 0 aromatic carbocycles. The van der Waals surface area contributed by atoms with E-state index in [0.717, 1.165) is 4.57 Å². The summed E-state index contributed by atoms with van der Waals surface area (Å²) in [7, 11) is 3.07. The van der Waals surface area contributed by atoms with Gasteiger partial charge in [0.15, 0.2) is 0 Å². The zero-order valence-corrected chi connectivity index (χ0v) is 10.6. The van der Waals surface area contributed by atoms with Crippen LogP contribution in [0.25, 0.3) is 0 Å². The average molecular weight is 235 g/mol. The lowest BCUT2D eigenvalue weighted by molar-refractivity contribution is 0.484. The van der Waals surface area contributed by atoms with E-state index in [-0.39, 0.29) is 11.2 Å². The standard InChI is InChI=1S/C12H17N3O2/c1-6-12(2,3)13-7-9-8-14(4)11(17)15(5)10(9)16/h1,8,13H,7H2,2-5H3. The summed E-state index contributed by atoms with van der Waals surface area (Å²) in [5.41, 5.74) is -0.610. The molecule has 0 radical (unpaired) electrons. The van der Waals surface area contributed by atoms with Crippen molar-refractivity contribution in [1.29, 1.82) is 0 Å². The Morgan fingerprint density at radius 2 is 2.00 bits per heavy atom. The summed E-state index contributed by atoms with van der Waals surface area (Å²) >= 11 is 0. The number of nitrogens with one attached hydrogen (secondary N) is 1. The largest absolute Gasteiger partial charge is 0.330 e. The van der Waals surface area contributed by atoms with Crippen LogP contribution in [-0.4, -0.2) is 14.7 Å². The van der Waals surface area contributed by atoms with Crippen molar-refractivity contribution < 1.29 is 0 Å². The number of hydrogen-bond donors (Lipinski definition) is 1. The smallest absolute Gasteiger partial charge is 0.303 e. The van der Waals surface area contributed by atoms with Gasteiger partial charge in [0.2, 0.25) is 0 Å². The quantitative estimate of drug-likeness (QED) is 0.724. The second-order valence-corrected chi connectivity index (χ2v) is 4.53. The fourth-order valence-electron chi connectivity index (χ4n) is 1.37. The first-order valence-electron chi connectivity index (χ1n) is 5.27. The molecule has 0 atom stereocenters. The van der Waals surface area contributed by atoms with Crippen molar-refractivity contribution in [3.8, 4) is 12.3 Å². The van der Waals surface area contributed by atoms with Crippen molar-refractivity contribution in [2.45, 2.75) is 25.9 Å². The van der Waals surface area contributed by atoms with Crippen LogP contribution in [0.3, 0.4) is 0 Å². The minimum Gasteiger partial charge on any atom is -0.303 e. The molecule has 0 aliphatic heterocycles. The summed E-state index contributed by atoms with van der Waals surface area (Å²) in [6.45, 7) is 4.02. The Kier molecular flexibility index (Phi) is 3.59. The Bertz CT molecular complexity index is 573. The molecule has 0 fully saturated rings. The van der Waals surface area contributed by atoms with Gasteiger partial charge in [-0.1, -0.05) is 5.92 Å². The number of nitrogens with zero attached hydrogens (tertiary/aromatic N) is 2. The van der Waals surface area contributed by atoms with Crippen molar-refractivity contribution >= 4 is 0 Å². The van der Waals surface area contributed by atoms with Crippen LogP contribution in [0.2, 0.25) is 0 Å². The van der Waals surface area contributed by atoms with Gasteiger partial charge >= 0.3 is 5.69 Å². The first-order valence-corrected chi connectivity index (χ1v) is 5.27. The molecule has 0 saturated carbocycles. The Morgan fingerprint density at radius 3 is 2.53 bits per heavy atom. The molecule has 1 heterocycles. The van der Waals surface area contributed by atoms with Gasteiger partial charge in [-0.15, -0.1) is 6.42 Å². The van der Waals surface area contributed by atoms with Gasteiger partial charge in [-0.3, -0.25) is 14.7 Å². The molecular formula is C12H17N3O2. The van der Waals surface area contributed by atoms with Crippen LogP contribution in [0.5, 0.6) is 0 Å². The van der Waals surface area contributed by atoms with Gasteiger partial charge < -0.3 is 4.57 Å². The van der Waals surface area contributed by atoms with Crippen LogP contribution in [0.15, 0.2) is 15.8 Å². The Hall–Kier alpha value is -1.80. The van der Waals surface area contributed by atoms with Gasteiger partial charge in [-0.05, 0) is 13.8 Å². The van der Waals surface area contributed by atoms with Gasteiger partial charge in [-0.25, -0.2) is 4.79 Å². The van der Waals surface area contributed by atoms with E-state index in [2.05, 4.69) is 11.2 Å². The van der Waals surface area contributed by atoms with Crippen molar-refractivity contribution in [3.63, 3.8) is 0 Å². The first kappa shape index (κ1) is 13.3. The maximum Gasteiger partial charge on any atom is 0.330 e. The summed E-state index contributed by atoms with van der Waals surface area (Å²) in [6, 6.07) is 0. The van der Waals surface area contributed by atoms with Crippen molar-refractivity contribution in [2.75, 3.05) is 0 Å². The van der Waals surface area contributed by atoms with Crippen LogP contribution in [0.1, 0.15) is 19.4 Å². The molecule has 1 rings (SSSR count). The van der Waals surface area contributed by atoms with E-state index < -0.39 is 5.54 Å². The van der Waals surface area contributed by atoms with E-state index >= 15 is 0 Å². The zero-order valence-electron chi connectivity index (χ0n) is 10.6. The Labute approximate surface area is 100 Å². The van der Waals surface area contributed by atoms with Gasteiger partial charge in [0, 0.05) is 32.4 Å². The van der Waals surface area contributed by atoms with Gasteiger partial charge in [0.05, 0.1) is 5.54 Å². The van der Waals surface area contributed by atoms with E-state index in [1.807, 2.05) is 13.8 Å². The maximum absolute atomic E-state index is 11.8. The predicted octanol–water partition coefficient (Wildman–Crippen LogP) is -0.415. The molecule has 0 spiro atoms. The highest BCUT2D eigenvalue weighted by molar-refractivity contribution is 5.11. The number of aryl methyl sites for hydroxylation is 1. The lowest BCUT2D eigenvalue weighted by Crippen LogP contribution is -2.42. The SMILES string of the molecule is C#CC(C)(C)NCc1cn(C)c(=O)n(C)c1=O. The minimum atomic E-state index is -0.486. The second-order valence-electron chi connectivity index (χ2n) is 4.53. The summed E-state index contributed by atoms with van der Waals surface area (Å²) in [5.74, 6) is 2.58. The summed E-state index contributed by atoms with van der Waals surface area (Å²) < 4.78 is 2.46. The maximum atomic E-state index is 11.8. The topological polar surface area (TPSA) is 56.0 Å². The summed E-state index contributed by atoms with van der Waals surface area (Å²) in [5, 5.41) is 3.07. The van der Waals surface area contributed by atoms with Crippen molar-refractivity contribution in [3.05, 3.63) is 32.6 Å². The molecule has 1 N–H and O–H groups in total. The van der Waals surface area contributed by atoms with E-state index in [1.54, 1.807) is 7.05 Å². The fourth-order valence-corrected chi connectivity index (χ4v) is 1.37. The lowest BCUT2D eigenvalue weighted by atomic mass is 10.1. The molecule has 0 bridgehead atoms. The molecule has 0 aliphatic rings. The fraction of sp³-hybridized carbons (Fsp3) is 0.500. The predicted molar refractivity (Wildman–Crippen MR) is 66.7 cm³/mol. The summed E-state index contributed by atoms with van der Waals surface area (Å²) in [4.78, 5) is 23.3. The van der Waals surface area contributed by atoms with E-state index in [0.29, 0.717) is 12.1 Å². The third-order valence-electron chi connectivity index (χ3n) is 2.60. The molecule has 0 aliphatic carbocycles. The van der Waals surface area contributed by atoms with Gasteiger partial charge in [0.1, 0.15) is 0 Å². The number of hydrogen-bond acceptors (Lipinski definition) is 3. The molecule has 5 nitrogen and oxygen atoms in total. The highest BCUT2D eigenvalue weighted by atomic mass is 16.2.